The van der Waals surface area contributed by atoms with Gasteiger partial charge < -0.3 is 10.4 Å². The van der Waals surface area contributed by atoms with E-state index >= 15 is 0 Å². The number of aromatic hydroxyl groups is 1. The maximum absolute atomic E-state index is 9.89. The van der Waals surface area contributed by atoms with Crippen molar-refractivity contribution in [2.24, 2.45) is 0 Å². The van der Waals surface area contributed by atoms with E-state index in [-0.39, 0.29) is 0 Å². The van der Waals surface area contributed by atoms with E-state index in [1.807, 2.05) is 19.1 Å². The zero-order chi connectivity index (χ0) is 20.3. The van der Waals surface area contributed by atoms with Gasteiger partial charge in [-0.15, -0.1) is 0 Å². The molecule has 0 atom stereocenters. The number of benzene rings is 1. The van der Waals surface area contributed by atoms with E-state index < -0.39 is 0 Å². The maximum atomic E-state index is 9.89. The number of phenols is 1. The second-order valence-corrected chi connectivity index (χ2v) is 8.61. The van der Waals surface area contributed by atoms with Crippen LogP contribution in [0.25, 0.3) is 0 Å². The number of aryl methyl sites for hydroxylation is 1. The standard InChI is InChI=1S/C26H47NO/c1-3-4-5-6-7-8-9-10-11-12-13-14-15-16-17-18-21-27-23-25-20-19-24(2)22-26(25)28/h19-20,22,27-28H,3-18,21,23H2,1-2H3. The van der Waals surface area contributed by atoms with E-state index in [0.717, 1.165) is 24.2 Å². The molecule has 0 aliphatic rings. The lowest BCUT2D eigenvalue weighted by Gasteiger charge is -2.07. The average molecular weight is 390 g/mol. The summed E-state index contributed by atoms with van der Waals surface area (Å²) in [6, 6.07) is 5.92. The second kappa shape index (κ2) is 18.0. The van der Waals surface area contributed by atoms with Gasteiger partial charge in [-0.2, -0.15) is 0 Å². The van der Waals surface area contributed by atoms with Crippen LogP contribution in [0.2, 0.25) is 0 Å². The van der Waals surface area contributed by atoms with Gasteiger partial charge in [-0.1, -0.05) is 115 Å². The number of nitrogens with one attached hydrogen (secondary N) is 1. The third-order valence-corrected chi connectivity index (χ3v) is 5.76. The van der Waals surface area contributed by atoms with Gasteiger partial charge in [0.15, 0.2) is 0 Å². The average Bonchev–Trinajstić information content (AvgIpc) is 2.68. The number of phenolic OH excluding ortho intramolecular Hbond substituents is 1. The Kier molecular flexibility index (Phi) is 16.1. The van der Waals surface area contributed by atoms with Gasteiger partial charge in [0.25, 0.3) is 0 Å². The van der Waals surface area contributed by atoms with E-state index in [1.165, 1.54) is 103 Å². The Labute approximate surface area is 175 Å². The molecule has 1 aromatic carbocycles. The fourth-order valence-electron chi connectivity index (χ4n) is 3.84. The highest BCUT2D eigenvalue weighted by atomic mass is 16.3. The van der Waals surface area contributed by atoms with E-state index in [0.29, 0.717) is 5.75 Å². The molecule has 1 rings (SSSR count). The molecule has 0 fully saturated rings. The minimum Gasteiger partial charge on any atom is -0.508 e. The van der Waals surface area contributed by atoms with Crippen molar-refractivity contribution in [1.29, 1.82) is 0 Å². The molecule has 28 heavy (non-hydrogen) atoms. The lowest BCUT2D eigenvalue weighted by Crippen LogP contribution is -2.14. The molecular formula is C26H47NO. The molecule has 2 nitrogen and oxygen atoms in total. The third kappa shape index (κ3) is 14.0. The quantitative estimate of drug-likeness (QED) is 0.234. The van der Waals surface area contributed by atoms with Crippen molar-refractivity contribution >= 4 is 0 Å². The summed E-state index contributed by atoms with van der Waals surface area (Å²) in [7, 11) is 0. The molecular weight excluding hydrogens is 342 g/mol. The van der Waals surface area contributed by atoms with Gasteiger partial charge in [-0.05, 0) is 31.5 Å². The number of hydrogen-bond donors (Lipinski definition) is 2. The van der Waals surface area contributed by atoms with Crippen LogP contribution in [0.15, 0.2) is 18.2 Å². The van der Waals surface area contributed by atoms with Crippen LogP contribution in [0, 0.1) is 6.92 Å². The summed E-state index contributed by atoms with van der Waals surface area (Å²) in [6.07, 6.45) is 22.6. The summed E-state index contributed by atoms with van der Waals surface area (Å²) in [6.45, 7) is 6.11. The normalized spacial score (nSPS) is 11.2. The molecule has 0 aromatic heterocycles. The summed E-state index contributed by atoms with van der Waals surface area (Å²) in [5, 5.41) is 13.3. The van der Waals surface area contributed by atoms with Crippen molar-refractivity contribution in [2.75, 3.05) is 6.54 Å². The molecule has 0 radical (unpaired) electrons. The first-order chi connectivity index (χ1) is 13.7. The van der Waals surface area contributed by atoms with E-state index in [2.05, 4.69) is 18.3 Å². The highest BCUT2D eigenvalue weighted by Gasteiger charge is 2.00. The topological polar surface area (TPSA) is 32.3 Å². The summed E-state index contributed by atoms with van der Waals surface area (Å²) >= 11 is 0. The van der Waals surface area contributed by atoms with E-state index in [1.54, 1.807) is 0 Å². The molecule has 1 aromatic rings. The summed E-state index contributed by atoms with van der Waals surface area (Å²) in [5.74, 6) is 0.416. The Bertz CT molecular complexity index is 472. The molecule has 0 bridgehead atoms. The Morgan fingerprint density at radius 2 is 1.14 bits per heavy atom. The Morgan fingerprint density at radius 3 is 1.61 bits per heavy atom. The molecule has 162 valence electrons. The van der Waals surface area contributed by atoms with Gasteiger partial charge >= 0.3 is 0 Å². The van der Waals surface area contributed by atoms with Crippen molar-refractivity contribution < 1.29 is 5.11 Å². The molecule has 0 aliphatic heterocycles. The van der Waals surface area contributed by atoms with Crippen LogP contribution in [0.5, 0.6) is 5.75 Å². The summed E-state index contributed by atoms with van der Waals surface area (Å²) < 4.78 is 0. The maximum Gasteiger partial charge on any atom is 0.120 e. The van der Waals surface area contributed by atoms with Crippen molar-refractivity contribution in [1.82, 2.24) is 5.32 Å². The number of rotatable bonds is 19. The zero-order valence-electron chi connectivity index (χ0n) is 18.9. The van der Waals surface area contributed by atoms with Crippen LogP contribution in [0.4, 0.5) is 0 Å². The van der Waals surface area contributed by atoms with Gasteiger partial charge in [-0.3, -0.25) is 0 Å². The van der Waals surface area contributed by atoms with Crippen LogP contribution in [-0.4, -0.2) is 11.7 Å². The van der Waals surface area contributed by atoms with Gasteiger partial charge in [0, 0.05) is 12.1 Å². The van der Waals surface area contributed by atoms with E-state index in [9.17, 15) is 5.11 Å². The molecule has 0 saturated heterocycles. The molecule has 0 aliphatic carbocycles. The van der Waals surface area contributed by atoms with E-state index in [4.69, 9.17) is 0 Å². The Balaban J connectivity index is 1.76. The van der Waals surface area contributed by atoms with Crippen LogP contribution in [0.3, 0.4) is 0 Å². The zero-order valence-corrected chi connectivity index (χ0v) is 18.9. The smallest absolute Gasteiger partial charge is 0.120 e. The Hall–Kier alpha value is -1.02. The van der Waals surface area contributed by atoms with Gasteiger partial charge in [-0.25, -0.2) is 0 Å². The fraction of sp³-hybridized carbons (Fsp3) is 0.769. The minimum absolute atomic E-state index is 0.416. The fourth-order valence-corrected chi connectivity index (χ4v) is 3.84. The number of unbranched alkanes of at least 4 members (excludes halogenated alkanes) is 15. The predicted octanol–water partition coefficient (Wildman–Crippen LogP) is 8.05. The van der Waals surface area contributed by atoms with Crippen molar-refractivity contribution in [3.63, 3.8) is 0 Å². The second-order valence-electron chi connectivity index (χ2n) is 8.61. The highest BCUT2D eigenvalue weighted by Crippen LogP contribution is 2.18. The van der Waals surface area contributed by atoms with Crippen LogP contribution >= 0.6 is 0 Å². The predicted molar refractivity (Wildman–Crippen MR) is 124 cm³/mol. The minimum atomic E-state index is 0.416. The van der Waals surface area contributed by atoms with Crippen LogP contribution in [-0.2, 0) is 6.54 Å². The van der Waals surface area contributed by atoms with Gasteiger partial charge in [0.2, 0.25) is 0 Å². The molecule has 2 heteroatoms. The van der Waals surface area contributed by atoms with Crippen molar-refractivity contribution in [2.45, 2.75) is 123 Å². The summed E-state index contributed by atoms with van der Waals surface area (Å²) in [5.41, 5.74) is 2.11. The molecule has 0 spiro atoms. The Morgan fingerprint density at radius 1 is 0.679 bits per heavy atom. The lowest BCUT2D eigenvalue weighted by molar-refractivity contribution is 0.463. The van der Waals surface area contributed by atoms with Gasteiger partial charge in [0.1, 0.15) is 5.75 Å². The first-order valence-corrected chi connectivity index (χ1v) is 12.2. The summed E-state index contributed by atoms with van der Waals surface area (Å²) in [4.78, 5) is 0. The van der Waals surface area contributed by atoms with Crippen molar-refractivity contribution in [3.8, 4) is 5.75 Å². The number of hydrogen-bond acceptors (Lipinski definition) is 2. The first-order valence-electron chi connectivity index (χ1n) is 12.2. The van der Waals surface area contributed by atoms with Crippen LogP contribution in [0.1, 0.15) is 121 Å². The SMILES string of the molecule is CCCCCCCCCCCCCCCCCCNCc1ccc(C)cc1O. The molecule has 0 heterocycles. The highest BCUT2D eigenvalue weighted by molar-refractivity contribution is 5.35. The van der Waals surface area contributed by atoms with Crippen molar-refractivity contribution in [3.05, 3.63) is 29.3 Å². The molecule has 2 N–H and O–H groups in total. The third-order valence-electron chi connectivity index (χ3n) is 5.76. The molecule has 0 saturated carbocycles. The van der Waals surface area contributed by atoms with Crippen LogP contribution < -0.4 is 5.32 Å². The monoisotopic (exact) mass is 389 g/mol. The molecule has 0 unspecified atom stereocenters. The first kappa shape index (κ1) is 25.0. The van der Waals surface area contributed by atoms with Gasteiger partial charge in [0.05, 0.1) is 0 Å². The molecule has 0 amide bonds. The lowest BCUT2D eigenvalue weighted by atomic mass is 10.0. The largest absolute Gasteiger partial charge is 0.508 e.